The quantitative estimate of drug-likeness (QED) is 0.305. The van der Waals surface area contributed by atoms with Crippen molar-refractivity contribution in [1.29, 1.82) is 0 Å². The summed E-state index contributed by atoms with van der Waals surface area (Å²) in [5, 5.41) is 8.74. The number of amides is 1. The molecule has 0 saturated heterocycles. The molecule has 7 heteroatoms. The summed E-state index contributed by atoms with van der Waals surface area (Å²) >= 11 is 6.22. The minimum atomic E-state index is -0.0927. The first-order valence-electron chi connectivity index (χ1n) is 10.8. The zero-order valence-corrected chi connectivity index (χ0v) is 19.0. The Morgan fingerprint density at radius 1 is 0.970 bits per heavy atom. The lowest BCUT2D eigenvalue weighted by Crippen LogP contribution is -2.31. The van der Waals surface area contributed by atoms with Crippen LogP contribution in [0.15, 0.2) is 83.3 Å². The fourth-order valence-electron chi connectivity index (χ4n) is 3.36. The fraction of sp³-hybridized carbons (Fsp3) is 0.192. The molecular weight excluding hydrogens is 438 g/mol. The number of aromatic nitrogens is 2. The summed E-state index contributed by atoms with van der Waals surface area (Å²) in [6, 6.07) is 24.3. The van der Waals surface area contributed by atoms with E-state index in [-0.39, 0.29) is 12.5 Å². The molecule has 0 spiro atoms. The van der Waals surface area contributed by atoms with Crippen LogP contribution in [-0.4, -0.2) is 27.5 Å². The lowest BCUT2D eigenvalue weighted by atomic mass is 10.1. The van der Waals surface area contributed by atoms with Gasteiger partial charge in [0.1, 0.15) is 12.4 Å². The number of benzene rings is 3. The molecule has 1 amide bonds. The smallest absolute Gasteiger partial charge is 0.254 e. The Morgan fingerprint density at radius 3 is 2.42 bits per heavy atom. The highest BCUT2D eigenvalue weighted by Gasteiger charge is 2.19. The summed E-state index contributed by atoms with van der Waals surface area (Å²) in [5.41, 5.74) is 2.25. The Labute approximate surface area is 197 Å². The molecule has 0 aliphatic rings. The average molecular weight is 462 g/mol. The van der Waals surface area contributed by atoms with Crippen molar-refractivity contribution in [2.24, 2.45) is 0 Å². The van der Waals surface area contributed by atoms with E-state index in [0.717, 1.165) is 17.7 Å². The van der Waals surface area contributed by atoms with Crippen LogP contribution in [0.4, 0.5) is 0 Å². The van der Waals surface area contributed by atoms with Crippen molar-refractivity contribution in [3.05, 3.63) is 101 Å². The number of para-hydroxylation sites is 1. The molecule has 1 heterocycles. The first-order chi connectivity index (χ1) is 16.1. The number of halogens is 1. The zero-order valence-electron chi connectivity index (χ0n) is 18.3. The minimum Gasteiger partial charge on any atom is -0.489 e. The SMILES string of the molecule is CCCN(Cc1nnc(-c2ccccc2Cl)o1)C(=O)c1ccc(COc2ccccc2)cc1. The van der Waals surface area contributed by atoms with Gasteiger partial charge < -0.3 is 14.1 Å². The van der Waals surface area contributed by atoms with Crippen molar-refractivity contribution in [3.63, 3.8) is 0 Å². The molecule has 168 valence electrons. The summed E-state index contributed by atoms with van der Waals surface area (Å²) in [5.74, 6) is 1.41. The fourth-order valence-corrected chi connectivity index (χ4v) is 3.57. The number of hydrogen-bond acceptors (Lipinski definition) is 5. The van der Waals surface area contributed by atoms with E-state index < -0.39 is 0 Å². The molecule has 0 N–H and O–H groups in total. The Kier molecular flexibility index (Phi) is 7.37. The minimum absolute atomic E-state index is 0.0927. The van der Waals surface area contributed by atoms with Gasteiger partial charge in [0.2, 0.25) is 11.8 Å². The number of ether oxygens (including phenoxy) is 1. The normalized spacial score (nSPS) is 10.7. The number of carbonyl (C=O) groups excluding carboxylic acids is 1. The van der Waals surface area contributed by atoms with Gasteiger partial charge in [-0.2, -0.15) is 0 Å². The van der Waals surface area contributed by atoms with Gasteiger partial charge in [-0.25, -0.2) is 0 Å². The van der Waals surface area contributed by atoms with Crippen molar-refractivity contribution < 1.29 is 13.9 Å². The van der Waals surface area contributed by atoms with Gasteiger partial charge in [-0.15, -0.1) is 10.2 Å². The van der Waals surface area contributed by atoms with E-state index in [9.17, 15) is 4.79 Å². The van der Waals surface area contributed by atoms with Gasteiger partial charge in [0, 0.05) is 12.1 Å². The van der Waals surface area contributed by atoms with Crippen LogP contribution >= 0.6 is 11.6 Å². The second-order valence-electron chi connectivity index (χ2n) is 7.51. The maximum atomic E-state index is 13.1. The molecule has 0 unspecified atom stereocenters. The van der Waals surface area contributed by atoms with Crippen molar-refractivity contribution in [2.45, 2.75) is 26.5 Å². The van der Waals surface area contributed by atoms with Gasteiger partial charge in [-0.05, 0) is 48.4 Å². The first-order valence-corrected chi connectivity index (χ1v) is 11.1. The largest absolute Gasteiger partial charge is 0.489 e. The molecule has 0 saturated carbocycles. The van der Waals surface area contributed by atoms with Crippen LogP contribution in [0.2, 0.25) is 5.02 Å². The van der Waals surface area contributed by atoms with Crippen LogP contribution in [0.25, 0.3) is 11.5 Å². The Morgan fingerprint density at radius 2 is 1.70 bits per heavy atom. The van der Waals surface area contributed by atoms with Crippen LogP contribution in [-0.2, 0) is 13.2 Å². The predicted molar refractivity (Wildman–Crippen MR) is 127 cm³/mol. The average Bonchev–Trinajstić information content (AvgIpc) is 3.31. The molecule has 0 aliphatic heterocycles. The lowest BCUT2D eigenvalue weighted by Gasteiger charge is -2.20. The zero-order chi connectivity index (χ0) is 23.0. The molecule has 33 heavy (non-hydrogen) atoms. The summed E-state index contributed by atoms with van der Waals surface area (Å²) in [7, 11) is 0. The summed E-state index contributed by atoms with van der Waals surface area (Å²) in [6.45, 7) is 3.25. The van der Waals surface area contributed by atoms with Gasteiger partial charge in [0.25, 0.3) is 5.91 Å². The maximum absolute atomic E-state index is 13.1. The molecule has 3 aromatic carbocycles. The van der Waals surface area contributed by atoms with Crippen molar-refractivity contribution in [2.75, 3.05) is 6.54 Å². The third kappa shape index (κ3) is 5.79. The molecule has 4 aromatic rings. The van der Waals surface area contributed by atoms with E-state index in [2.05, 4.69) is 10.2 Å². The van der Waals surface area contributed by atoms with Gasteiger partial charge in [-0.3, -0.25) is 4.79 Å². The molecule has 1 aromatic heterocycles. The van der Waals surface area contributed by atoms with Crippen LogP contribution in [0, 0.1) is 0 Å². The van der Waals surface area contributed by atoms with E-state index in [1.807, 2.05) is 79.7 Å². The van der Waals surface area contributed by atoms with Crippen molar-refractivity contribution in [3.8, 4) is 17.2 Å². The van der Waals surface area contributed by atoms with Crippen molar-refractivity contribution in [1.82, 2.24) is 15.1 Å². The van der Waals surface area contributed by atoms with E-state index in [1.54, 1.807) is 11.0 Å². The third-order valence-electron chi connectivity index (χ3n) is 5.03. The third-order valence-corrected chi connectivity index (χ3v) is 5.36. The van der Waals surface area contributed by atoms with Crippen LogP contribution in [0.5, 0.6) is 5.75 Å². The monoisotopic (exact) mass is 461 g/mol. The number of nitrogens with zero attached hydrogens (tertiary/aromatic N) is 3. The molecular formula is C26H24ClN3O3. The lowest BCUT2D eigenvalue weighted by molar-refractivity contribution is 0.0728. The van der Waals surface area contributed by atoms with Crippen LogP contribution in [0.3, 0.4) is 0 Å². The Balaban J connectivity index is 1.42. The van der Waals surface area contributed by atoms with Crippen molar-refractivity contribution >= 4 is 17.5 Å². The summed E-state index contributed by atoms with van der Waals surface area (Å²) in [4.78, 5) is 14.9. The molecule has 4 rings (SSSR count). The van der Waals surface area contributed by atoms with E-state index in [1.165, 1.54) is 0 Å². The molecule has 0 bridgehead atoms. The molecule has 0 fully saturated rings. The highest BCUT2D eigenvalue weighted by molar-refractivity contribution is 6.33. The van der Waals surface area contributed by atoms with E-state index in [4.69, 9.17) is 20.8 Å². The Hall–Kier alpha value is -3.64. The Bertz CT molecular complexity index is 1190. The van der Waals surface area contributed by atoms with Gasteiger partial charge in [-0.1, -0.05) is 61.0 Å². The van der Waals surface area contributed by atoms with Crippen LogP contribution < -0.4 is 4.74 Å². The molecule has 6 nitrogen and oxygen atoms in total. The summed E-state index contributed by atoms with van der Waals surface area (Å²) < 4.78 is 11.6. The number of carbonyl (C=O) groups is 1. The van der Waals surface area contributed by atoms with Gasteiger partial charge in [0.05, 0.1) is 17.1 Å². The number of hydrogen-bond donors (Lipinski definition) is 0. The van der Waals surface area contributed by atoms with E-state index in [0.29, 0.717) is 41.1 Å². The second-order valence-corrected chi connectivity index (χ2v) is 7.91. The van der Waals surface area contributed by atoms with Gasteiger partial charge >= 0.3 is 0 Å². The second kappa shape index (κ2) is 10.8. The maximum Gasteiger partial charge on any atom is 0.254 e. The molecule has 0 aliphatic carbocycles. The standard InChI is InChI=1S/C26H24ClN3O3/c1-2-16-30(17-24-28-29-25(33-24)22-10-6-7-11-23(22)27)26(31)20-14-12-19(13-15-20)18-32-21-8-4-3-5-9-21/h3-15H,2,16-18H2,1H3. The predicted octanol–water partition coefficient (Wildman–Crippen LogP) is 6.02. The first kappa shape index (κ1) is 22.6. The van der Waals surface area contributed by atoms with Crippen LogP contribution in [0.1, 0.15) is 35.2 Å². The highest BCUT2D eigenvalue weighted by Crippen LogP contribution is 2.26. The van der Waals surface area contributed by atoms with Gasteiger partial charge in [0.15, 0.2) is 0 Å². The number of rotatable bonds is 9. The molecule has 0 radical (unpaired) electrons. The topological polar surface area (TPSA) is 68.5 Å². The van der Waals surface area contributed by atoms with E-state index >= 15 is 0 Å². The highest BCUT2D eigenvalue weighted by atomic mass is 35.5. The summed E-state index contributed by atoms with van der Waals surface area (Å²) in [6.07, 6.45) is 0.806. The molecule has 0 atom stereocenters.